The van der Waals surface area contributed by atoms with Crippen LogP contribution in [0.4, 0.5) is 0 Å². The molecule has 0 saturated heterocycles. The highest BCUT2D eigenvalue weighted by Gasteiger charge is 1.99. The fourth-order valence-electron chi connectivity index (χ4n) is 1.52. The molecule has 82 valence electrons. The SMILES string of the molecule is CC#CCC(N)CCCCCCCC. The molecule has 1 nitrogen and oxygen atoms in total. The van der Waals surface area contributed by atoms with Crippen LogP contribution < -0.4 is 5.73 Å². The van der Waals surface area contributed by atoms with Gasteiger partial charge in [-0.15, -0.1) is 11.8 Å². The van der Waals surface area contributed by atoms with Gasteiger partial charge in [-0.1, -0.05) is 45.4 Å². The first-order chi connectivity index (χ1) is 6.81. The third-order valence-corrected chi connectivity index (χ3v) is 2.47. The van der Waals surface area contributed by atoms with Gasteiger partial charge in [-0.3, -0.25) is 0 Å². The zero-order valence-electron chi connectivity index (χ0n) is 9.81. The third-order valence-electron chi connectivity index (χ3n) is 2.47. The van der Waals surface area contributed by atoms with Crippen molar-refractivity contribution in [3.63, 3.8) is 0 Å². The van der Waals surface area contributed by atoms with E-state index in [4.69, 9.17) is 5.73 Å². The zero-order chi connectivity index (χ0) is 10.6. The third kappa shape index (κ3) is 9.61. The van der Waals surface area contributed by atoms with Gasteiger partial charge < -0.3 is 5.73 Å². The summed E-state index contributed by atoms with van der Waals surface area (Å²) in [5, 5.41) is 0. The molecule has 0 aliphatic heterocycles. The van der Waals surface area contributed by atoms with Crippen LogP contribution in [0.15, 0.2) is 0 Å². The van der Waals surface area contributed by atoms with Crippen LogP contribution in [0.1, 0.15) is 65.2 Å². The minimum Gasteiger partial charge on any atom is -0.327 e. The molecule has 1 unspecified atom stereocenters. The van der Waals surface area contributed by atoms with E-state index in [1.54, 1.807) is 0 Å². The average molecular weight is 195 g/mol. The number of unbranched alkanes of at least 4 members (excludes halogenated alkanes) is 5. The van der Waals surface area contributed by atoms with Crippen LogP contribution in [-0.4, -0.2) is 6.04 Å². The lowest BCUT2D eigenvalue weighted by atomic mass is 10.0. The summed E-state index contributed by atoms with van der Waals surface area (Å²) in [6.45, 7) is 4.12. The first-order valence-electron chi connectivity index (χ1n) is 5.96. The minimum atomic E-state index is 0.300. The molecule has 2 N–H and O–H groups in total. The van der Waals surface area contributed by atoms with Crippen LogP contribution in [0, 0.1) is 11.8 Å². The van der Waals surface area contributed by atoms with Crippen molar-refractivity contribution in [2.24, 2.45) is 5.73 Å². The van der Waals surface area contributed by atoms with E-state index in [0.717, 1.165) is 12.8 Å². The number of rotatable bonds is 8. The lowest BCUT2D eigenvalue weighted by Gasteiger charge is -2.07. The van der Waals surface area contributed by atoms with Crippen LogP contribution in [-0.2, 0) is 0 Å². The van der Waals surface area contributed by atoms with Crippen molar-refractivity contribution >= 4 is 0 Å². The maximum atomic E-state index is 5.90. The summed E-state index contributed by atoms with van der Waals surface area (Å²) >= 11 is 0. The Labute approximate surface area is 89.5 Å². The highest BCUT2D eigenvalue weighted by Crippen LogP contribution is 2.08. The van der Waals surface area contributed by atoms with Gasteiger partial charge in [0.05, 0.1) is 0 Å². The minimum absolute atomic E-state index is 0.300. The van der Waals surface area contributed by atoms with Crippen LogP contribution in [0.2, 0.25) is 0 Å². The second-order valence-corrected chi connectivity index (χ2v) is 3.95. The largest absolute Gasteiger partial charge is 0.327 e. The van der Waals surface area contributed by atoms with Gasteiger partial charge in [0.2, 0.25) is 0 Å². The summed E-state index contributed by atoms with van der Waals surface area (Å²) < 4.78 is 0. The van der Waals surface area contributed by atoms with Gasteiger partial charge in [0, 0.05) is 12.5 Å². The highest BCUT2D eigenvalue weighted by molar-refractivity contribution is 4.97. The molecule has 0 aliphatic rings. The van der Waals surface area contributed by atoms with Crippen molar-refractivity contribution in [2.75, 3.05) is 0 Å². The van der Waals surface area contributed by atoms with Gasteiger partial charge in [-0.25, -0.2) is 0 Å². The van der Waals surface area contributed by atoms with Gasteiger partial charge in [-0.2, -0.15) is 0 Å². The molecule has 0 spiro atoms. The molecular formula is C13H25N. The van der Waals surface area contributed by atoms with Crippen LogP contribution >= 0.6 is 0 Å². The molecule has 0 bridgehead atoms. The Morgan fingerprint density at radius 3 is 2.36 bits per heavy atom. The van der Waals surface area contributed by atoms with E-state index in [1.807, 2.05) is 6.92 Å². The Balaban J connectivity index is 3.13. The molecule has 0 amide bonds. The zero-order valence-corrected chi connectivity index (χ0v) is 9.81. The molecule has 0 rings (SSSR count). The molecule has 0 aliphatic carbocycles. The van der Waals surface area contributed by atoms with Gasteiger partial charge >= 0.3 is 0 Å². The monoisotopic (exact) mass is 195 g/mol. The second-order valence-electron chi connectivity index (χ2n) is 3.95. The summed E-state index contributed by atoms with van der Waals surface area (Å²) in [7, 11) is 0. The van der Waals surface area contributed by atoms with Crippen molar-refractivity contribution < 1.29 is 0 Å². The summed E-state index contributed by atoms with van der Waals surface area (Å²) in [6.07, 6.45) is 10.1. The molecule has 0 aromatic carbocycles. The molecule has 1 atom stereocenters. The fraction of sp³-hybridized carbons (Fsp3) is 0.846. The molecule has 0 fully saturated rings. The van der Waals surface area contributed by atoms with Crippen LogP contribution in [0.3, 0.4) is 0 Å². The Hall–Kier alpha value is -0.480. The summed E-state index contributed by atoms with van der Waals surface area (Å²) in [5.74, 6) is 5.92. The Kier molecular flexibility index (Phi) is 10.2. The first-order valence-corrected chi connectivity index (χ1v) is 5.96. The van der Waals surface area contributed by atoms with Crippen LogP contribution in [0.5, 0.6) is 0 Å². The Morgan fingerprint density at radius 2 is 1.71 bits per heavy atom. The molecule has 1 heteroatoms. The summed E-state index contributed by atoms with van der Waals surface area (Å²) in [6, 6.07) is 0.300. The normalized spacial score (nSPS) is 11.9. The lowest BCUT2D eigenvalue weighted by molar-refractivity contribution is 0.540. The lowest BCUT2D eigenvalue weighted by Crippen LogP contribution is -2.18. The average Bonchev–Trinajstić information content (AvgIpc) is 2.20. The molecule has 0 aromatic heterocycles. The second kappa shape index (κ2) is 10.6. The van der Waals surface area contributed by atoms with Crippen molar-refractivity contribution in [3.8, 4) is 11.8 Å². The van der Waals surface area contributed by atoms with Gasteiger partial charge in [0.25, 0.3) is 0 Å². The summed E-state index contributed by atoms with van der Waals surface area (Å²) in [4.78, 5) is 0. The Morgan fingerprint density at radius 1 is 1.07 bits per heavy atom. The van der Waals surface area contributed by atoms with Gasteiger partial charge in [-0.05, 0) is 13.3 Å². The number of nitrogens with two attached hydrogens (primary N) is 1. The quantitative estimate of drug-likeness (QED) is 0.466. The van der Waals surface area contributed by atoms with E-state index in [9.17, 15) is 0 Å². The van der Waals surface area contributed by atoms with E-state index >= 15 is 0 Å². The molecule has 14 heavy (non-hydrogen) atoms. The van der Waals surface area contributed by atoms with E-state index in [-0.39, 0.29) is 0 Å². The van der Waals surface area contributed by atoms with E-state index in [0.29, 0.717) is 6.04 Å². The first kappa shape index (κ1) is 13.5. The standard InChI is InChI=1S/C13H25N/c1-3-5-7-8-9-10-12-13(14)11-6-4-2/h13H,3,5,7-12,14H2,1-2H3. The van der Waals surface area contributed by atoms with Crippen molar-refractivity contribution in [1.82, 2.24) is 0 Å². The van der Waals surface area contributed by atoms with Crippen molar-refractivity contribution in [1.29, 1.82) is 0 Å². The fourth-order valence-corrected chi connectivity index (χ4v) is 1.52. The molecule has 0 radical (unpaired) electrons. The molecule has 0 saturated carbocycles. The highest BCUT2D eigenvalue weighted by atomic mass is 14.6. The smallest absolute Gasteiger partial charge is 0.0241 e. The van der Waals surface area contributed by atoms with Crippen molar-refractivity contribution in [2.45, 2.75) is 71.3 Å². The van der Waals surface area contributed by atoms with Gasteiger partial charge in [0.15, 0.2) is 0 Å². The predicted molar refractivity (Wildman–Crippen MR) is 64.0 cm³/mol. The van der Waals surface area contributed by atoms with Gasteiger partial charge in [0.1, 0.15) is 0 Å². The Bertz CT molecular complexity index is 164. The van der Waals surface area contributed by atoms with E-state index in [1.165, 1.54) is 38.5 Å². The molecular weight excluding hydrogens is 170 g/mol. The number of hydrogen-bond acceptors (Lipinski definition) is 1. The van der Waals surface area contributed by atoms with E-state index < -0.39 is 0 Å². The molecule has 0 aromatic rings. The maximum absolute atomic E-state index is 5.90. The van der Waals surface area contributed by atoms with Crippen molar-refractivity contribution in [3.05, 3.63) is 0 Å². The maximum Gasteiger partial charge on any atom is 0.0241 e. The van der Waals surface area contributed by atoms with Crippen LogP contribution in [0.25, 0.3) is 0 Å². The molecule has 0 heterocycles. The topological polar surface area (TPSA) is 26.0 Å². The number of hydrogen-bond donors (Lipinski definition) is 1. The summed E-state index contributed by atoms with van der Waals surface area (Å²) in [5.41, 5.74) is 5.90. The van der Waals surface area contributed by atoms with E-state index in [2.05, 4.69) is 18.8 Å². The predicted octanol–water partition coefficient (Wildman–Crippen LogP) is 3.48.